The average molecular weight is 328 g/mol. The summed E-state index contributed by atoms with van der Waals surface area (Å²) in [6, 6.07) is 0. The largest absolute Gasteiger partial charge is 0.374 e. The number of carbonyl (C=O) groups excluding carboxylic acids is 1. The first-order valence-electron chi connectivity index (χ1n) is 5.48. The summed E-state index contributed by atoms with van der Waals surface area (Å²) in [4.78, 5) is 11.8. The molecule has 1 rings (SSSR count). The Labute approximate surface area is 119 Å². The summed E-state index contributed by atoms with van der Waals surface area (Å²) >= 11 is 0.855. The maximum atomic E-state index is 11.8. The van der Waals surface area contributed by atoms with Gasteiger partial charge < -0.3 is 10.1 Å². The smallest absolute Gasteiger partial charge is 0.261 e. The number of rotatable bonds is 7. The molecule has 1 aromatic rings. The maximum Gasteiger partial charge on any atom is 0.261 e. The van der Waals surface area contributed by atoms with Crippen molar-refractivity contribution in [2.24, 2.45) is 5.14 Å². The van der Waals surface area contributed by atoms with Crippen LogP contribution in [0, 0.1) is 6.92 Å². The highest BCUT2D eigenvalue weighted by molar-refractivity contribution is 7.91. The van der Waals surface area contributed by atoms with E-state index in [2.05, 4.69) is 10.1 Å². The topological polar surface area (TPSA) is 98.5 Å². The van der Waals surface area contributed by atoms with Crippen LogP contribution >= 0.6 is 11.3 Å². The lowest BCUT2D eigenvalue weighted by Crippen LogP contribution is -2.28. The van der Waals surface area contributed by atoms with Gasteiger partial charge in [0.25, 0.3) is 12.3 Å². The Balaban J connectivity index is 2.55. The quantitative estimate of drug-likeness (QED) is 0.720. The molecule has 10 heteroatoms. The fraction of sp³-hybridized carbons (Fsp3) is 0.500. The molecule has 0 aromatic carbocycles. The minimum atomic E-state index is -3.85. The molecule has 0 spiro atoms. The molecule has 0 aliphatic heterocycles. The fourth-order valence-electron chi connectivity index (χ4n) is 1.41. The standard InChI is InChI=1S/C10H14F2N2O4S2/c1-6-7(5-19-10(6)20(13,16)17)9(15)14-2-3-18-4-8(11)12/h5,8H,2-4H2,1H3,(H,14,15)(H2,13,16,17). The minimum absolute atomic E-state index is 0.0472. The van der Waals surface area contributed by atoms with Crippen molar-refractivity contribution in [2.45, 2.75) is 17.6 Å². The molecule has 0 aliphatic carbocycles. The van der Waals surface area contributed by atoms with Gasteiger partial charge in [-0.3, -0.25) is 4.79 Å². The molecule has 3 N–H and O–H groups in total. The lowest BCUT2D eigenvalue weighted by molar-refractivity contribution is 0.0188. The first-order chi connectivity index (χ1) is 9.23. The van der Waals surface area contributed by atoms with Gasteiger partial charge in [-0.05, 0) is 12.5 Å². The Morgan fingerprint density at radius 1 is 1.55 bits per heavy atom. The number of carbonyl (C=O) groups is 1. The highest BCUT2D eigenvalue weighted by Gasteiger charge is 2.20. The third-order valence-corrected chi connectivity index (χ3v) is 4.96. The molecule has 20 heavy (non-hydrogen) atoms. The van der Waals surface area contributed by atoms with Crippen molar-refractivity contribution in [1.82, 2.24) is 5.32 Å². The number of nitrogens with one attached hydrogen (secondary N) is 1. The molecule has 0 aliphatic rings. The van der Waals surface area contributed by atoms with Crippen LogP contribution < -0.4 is 10.5 Å². The number of hydrogen-bond donors (Lipinski definition) is 2. The van der Waals surface area contributed by atoms with Crippen LogP contribution in [0.5, 0.6) is 0 Å². The second-order valence-corrected chi connectivity index (χ2v) is 6.47. The van der Waals surface area contributed by atoms with E-state index in [0.29, 0.717) is 0 Å². The van der Waals surface area contributed by atoms with E-state index in [0.717, 1.165) is 11.3 Å². The summed E-state index contributed by atoms with van der Waals surface area (Å²) < 4.78 is 50.5. The highest BCUT2D eigenvalue weighted by atomic mass is 32.2. The van der Waals surface area contributed by atoms with E-state index in [1.165, 1.54) is 12.3 Å². The summed E-state index contributed by atoms with van der Waals surface area (Å²) in [6.45, 7) is 0.772. The lowest BCUT2D eigenvalue weighted by atomic mass is 10.2. The van der Waals surface area contributed by atoms with Gasteiger partial charge in [0.15, 0.2) is 0 Å². The number of halogens is 2. The number of hydrogen-bond acceptors (Lipinski definition) is 5. The number of thiophene rings is 1. The van der Waals surface area contributed by atoms with Gasteiger partial charge in [-0.1, -0.05) is 0 Å². The van der Waals surface area contributed by atoms with Gasteiger partial charge in [0.05, 0.1) is 12.2 Å². The van der Waals surface area contributed by atoms with Crippen molar-refractivity contribution in [1.29, 1.82) is 0 Å². The van der Waals surface area contributed by atoms with E-state index in [4.69, 9.17) is 5.14 Å². The highest BCUT2D eigenvalue weighted by Crippen LogP contribution is 2.25. The number of nitrogens with two attached hydrogens (primary N) is 1. The molecule has 0 saturated carbocycles. The van der Waals surface area contributed by atoms with Crippen LogP contribution in [0.3, 0.4) is 0 Å². The van der Waals surface area contributed by atoms with Crippen molar-refractivity contribution in [3.63, 3.8) is 0 Å². The molecule has 0 radical (unpaired) electrons. The van der Waals surface area contributed by atoms with Crippen LogP contribution in [0.15, 0.2) is 9.59 Å². The molecule has 1 amide bonds. The number of amides is 1. The molecular weight excluding hydrogens is 314 g/mol. The number of sulfonamides is 1. The molecule has 6 nitrogen and oxygen atoms in total. The summed E-state index contributed by atoms with van der Waals surface area (Å²) in [6.07, 6.45) is -2.55. The van der Waals surface area contributed by atoms with E-state index in [1.807, 2.05) is 0 Å². The van der Waals surface area contributed by atoms with Crippen LogP contribution in [-0.4, -0.2) is 40.5 Å². The average Bonchev–Trinajstić information content (AvgIpc) is 2.69. The lowest BCUT2D eigenvalue weighted by Gasteiger charge is -2.06. The van der Waals surface area contributed by atoms with Crippen LogP contribution in [0.1, 0.15) is 15.9 Å². The van der Waals surface area contributed by atoms with Crippen molar-refractivity contribution in [2.75, 3.05) is 19.8 Å². The molecule has 1 aromatic heterocycles. The molecule has 0 bridgehead atoms. The van der Waals surface area contributed by atoms with E-state index < -0.39 is 29.0 Å². The minimum Gasteiger partial charge on any atom is -0.374 e. The number of alkyl halides is 2. The monoisotopic (exact) mass is 328 g/mol. The number of ether oxygens (including phenoxy) is 1. The van der Waals surface area contributed by atoms with Gasteiger partial charge in [-0.2, -0.15) is 0 Å². The van der Waals surface area contributed by atoms with E-state index in [1.54, 1.807) is 0 Å². The van der Waals surface area contributed by atoms with Crippen LogP contribution in [0.4, 0.5) is 8.78 Å². The summed E-state index contributed by atoms with van der Waals surface area (Å²) in [5, 5.41) is 8.82. The van der Waals surface area contributed by atoms with Crippen LogP contribution in [-0.2, 0) is 14.8 Å². The van der Waals surface area contributed by atoms with Gasteiger partial charge in [0.1, 0.15) is 10.8 Å². The van der Waals surface area contributed by atoms with E-state index >= 15 is 0 Å². The predicted octanol–water partition coefficient (Wildman–Crippen LogP) is 0.715. The summed E-state index contributed by atoms with van der Waals surface area (Å²) in [7, 11) is -3.85. The molecule has 0 unspecified atom stereocenters. The first-order valence-corrected chi connectivity index (χ1v) is 7.91. The predicted molar refractivity (Wildman–Crippen MR) is 69.6 cm³/mol. The normalized spacial score (nSPS) is 11.8. The van der Waals surface area contributed by atoms with Crippen molar-refractivity contribution >= 4 is 27.3 Å². The zero-order valence-corrected chi connectivity index (χ0v) is 12.2. The Kier molecular flexibility index (Phi) is 5.99. The second-order valence-electron chi connectivity index (χ2n) is 3.83. The van der Waals surface area contributed by atoms with Crippen LogP contribution in [0.25, 0.3) is 0 Å². The van der Waals surface area contributed by atoms with E-state index in [-0.39, 0.29) is 28.5 Å². The molecule has 0 fully saturated rings. The first kappa shape index (κ1) is 17.0. The summed E-state index contributed by atoms with van der Waals surface area (Å²) in [5.41, 5.74) is 0.455. The molecule has 114 valence electrons. The van der Waals surface area contributed by atoms with Gasteiger partial charge in [-0.25, -0.2) is 22.3 Å². The van der Waals surface area contributed by atoms with Gasteiger partial charge >= 0.3 is 0 Å². The van der Waals surface area contributed by atoms with Gasteiger partial charge in [0.2, 0.25) is 10.0 Å². The SMILES string of the molecule is Cc1c(C(=O)NCCOCC(F)F)csc1S(N)(=O)=O. The third-order valence-electron chi connectivity index (χ3n) is 2.27. The maximum absolute atomic E-state index is 11.8. The molecule has 0 atom stereocenters. The zero-order chi connectivity index (χ0) is 15.3. The zero-order valence-electron chi connectivity index (χ0n) is 10.6. The Hall–Kier alpha value is -1.10. The fourth-order valence-corrected chi connectivity index (χ4v) is 3.42. The second kappa shape index (κ2) is 7.07. The van der Waals surface area contributed by atoms with E-state index in [9.17, 15) is 22.0 Å². The number of primary sulfonamides is 1. The molecular formula is C10H14F2N2O4S2. The van der Waals surface area contributed by atoms with Crippen molar-refractivity contribution < 1.29 is 26.7 Å². The Morgan fingerprint density at radius 3 is 2.70 bits per heavy atom. The third kappa shape index (κ3) is 4.78. The van der Waals surface area contributed by atoms with Crippen LogP contribution in [0.2, 0.25) is 0 Å². The van der Waals surface area contributed by atoms with Crippen molar-refractivity contribution in [3.05, 3.63) is 16.5 Å². The van der Waals surface area contributed by atoms with Gasteiger partial charge in [-0.15, -0.1) is 11.3 Å². The Bertz CT molecular complexity index is 572. The van der Waals surface area contributed by atoms with Crippen molar-refractivity contribution in [3.8, 4) is 0 Å². The Morgan fingerprint density at radius 2 is 2.20 bits per heavy atom. The molecule has 1 heterocycles. The van der Waals surface area contributed by atoms with Gasteiger partial charge in [0, 0.05) is 11.9 Å². The summed E-state index contributed by atoms with van der Waals surface area (Å²) in [5.74, 6) is -0.505. The molecule has 0 saturated heterocycles.